The summed E-state index contributed by atoms with van der Waals surface area (Å²) in [6.07, 6.45) is 6.33. The quantitative estimate of drug-likeness (QED) is 0.486. The highest BCUT2D eigenvalue weighted by molar-refractivity contribution is 7.14. The molecule has 1 aromatic carbocycles. The largest absolute Gasteiger partial charge is 0.516 e. The Labute approximate surface area is 178 Å². The number of aryl methyl sites for hydroxylation is 1. The number of hydrogen-bond donors (Lipinski definition) is 2. The van der Waals surface area contributed by atoms with Crippen LogP contribution in [-0.2, 0) is 4.74 Å². The van der Waals surface area contributed by atoms with Gasteiger partial charge in [-0.25, -0.2) is 9.78 Å². The van der Waals surface area contributed by atoms with Crippen molar-refractivity contribution in [2.24, 2.45) is 5.92 Å². The molecule has 1 saturated carbocycles. The Hall–Kier alpha value is -2.71. The monoisotopic (exact) mass is 424 g/mol. The third-order valence-electron chi connectivity index (χ3n) is 6.75. The molecule has 2 N–H and O–H groups in total. The van der Waals surface area contributed by atoms with Gasteiger partial charge < -0.3 is 9.84 Å². The average molecular weight is 425 g/mol. The number of carbonyl (C=O) groups is 1. The second-order valence-corrected chi connectivity index (χ2v) is 9.41. The first-order valence-corrected chi connectivity index (χ1v) is 11.0. The third kappa shape index (κ3) is 2.86. The molecule has 2 aliphatic heterocycles. The van der Waals surface area contributed by atoms with Crippen molar-refractivity contribution in [2.75, 3.05) is 13.1 Å². The molecule has 156 valence electrons. The van der Waals surface area contributed by atoms with E-state index in [4.69, 9.17) is 9.84 Å². The van der Waals surface area contributed by atoms with Crippen LogP contribution in [0.4, 0.5) is 0 Å². The first kappa shape index (κ1) is 19.3. The second kappa shape index (κ2) is 7.21. The van der Waals surface area contributed by atoms with Crippen LogP contribution in [0.15, 0.2) is 37.2 Å². The standard InChI is InChI=1S/C20H20N4O2S.C2H4O/c1-11-9-21-18(27-11)12-2-3-13-15(8-12)22-23-17(13)19(25)26-16-10-24-7-6-20(24)5-4-14(16)20;1-2-3/h2-3,8-9,14,16H,4-7,10H2,1H3,(H,22,23);2-3H,1H2. The number of hydrogen-bond acceptors (Lipinski definition) is 7. The SMILES string of the molecule is C=CO.Cc1cnc(-c2ccc3c(C(=O)OC4CN5CCC56CCC46)n[nH]c3c2)s1. The highest BCUT2D eigenvalue weighted by Gasteiger charge is 2.64. The van der Waals surface area contributed by atoms with Crippen molar-refractivity contribution in [3.63, 3.8) is 0 Å². The number of nitrogens with zero attached hydrogens (tertiary/aromatic N) is 3. The van der Waals surface area contributed by atoms with Gasteiger partial charge in [0.2, 0.25) is 0 Å². The third-order valence-corrected chi connectivity index (χ3v) is 7.72. The molecule has 30 heavy (non-hydrogen) atoms. The van der Waals surface area contributed by atoms with Crippen LogP contribution in [0.1, 0.15) is 34.6 Å². The summed E-state index contributed by atoms with van der Waals surface area (Å²) in [5.74, 6) is 0.203. The van der Waals surface area contributed by atoms with Crippen molar-refractivity contribution >= 4 is 28.2 Å². The Balaban J connectivity index is 0.000000609. The maximum absolute atomic E-state index is 12.8. The molecular weight excluding hydrogens is 400 g/mol. The van der Waals surface area contributed by atoms with Gasteiger partial charge in [-0.3, -0.25) is 10.00 Å². The lowest BCUT2D eigenvalue weighted by molar-refractivity contribution is -0.0772. The maximum Gasteiger partial charge on any atom is 0.359 e. The van der Waals surface area contributed by atoms with E-state index in [9.17, 15) is 4.79 Å². The minimum Gasteiger partial charge on any atom is -0.516 e. The number of carbonyl (C=O) groups excluding carboxylic acids is 1. The molecule has 2 saturated heterocycles. The number of aromatic amines is 1. The molecule has 0 radical (unpaired) electrons. The number of rotatable bonds is 3. The molecule has 3 atom stereocenters. The number of esters is 1. The van der Waals surface area contributed by atoms with Crippen molar-refractivity contribution in [1.29, 1.82) is 0 Å². The Kier molecular flexibility index (Phi) is 4.63. The Bertz CT molecular complexity index is 1120. The van der Waals surface area contributed by atoms with E-state index in [1.165, 1.54) is 24.1 Å². The van der Waals surface area contributed by atoms with Crippen LogP contribution >= 0.6 is 11.3 Å². The zero-order valence-electron chi connectivity index (χ0n) is 16.8. The summed E-state index contributed by atoms with van der Waals surface area (Å²) in [4.78, 5) is 20.9. The van der Waals surface area contributed by atoms with Crippen molar-refractivity contribution in [3.05, 3.63) is 47.8 Å². The average Bonchev–Trinajstić information content (AvgIpc) is 3.33. The number of benzene rings is 1. The predicted octanol–water partition coefficient (Wildman–Crippen LogP) is 4.08. The van der Waals surface area contributed by atoms with E-state index in [2.05, 4.69) is 26.7 Å². The number of aliphatic hydroxyl groups is 1. The van der Waals surface area contributed by atoms with Gasteiger partial charge in [0.1, 0.15) is 11.1 Å². The Morgan fingerprint density at radius 3 is 2.90 bits per heavy atom. The van der Waals surface area contributed by atoms with Crippen molar-refractivity contribution in [3.8, 4) is 10.6 Å². The Morgan fingerprint density at radius 1 is 1.47 bits per heavy atom. The smallest absolute Gasteiger partial charge is 0.359 e. The van der Waals surface area contributed by atoms with Crippen LogP contribution in [-0.4, -0.2) is 55.9 Å². The number of fused-ring (bicyclic) bond motifs is 1. The first-order chi connectivity index (χ1) is 14.6. The van der Waals surface area contributed by atoms with Gasteiger partial charge in [0.25, 0.3) is 0 Å². The minimum absolute atomic E-state index is 0.0121. The Morgan fingerprint density at radius 2 is 2.30 bits per heavy atom. The van der Waals surface area contributed by atoms with Gasteiger partial charge in [-0.15, -0.1) is 11.3 Å². The fourth-order valence-corrected chi connectivity index (χ4v) is 5.92. The van der Waals surface area contributed by atoms with E-state index in [-0.39, 0.29) is 12.1 Å². The van der Waals surface area contributed by atoms with E-state index < -0.39 is 0 Å². The van der Waals surface area contributed by atoms with E-state index in [1.54, 1.807) is 11.3 Å². The zero-order valence-corrected chi connectivity index (χ0v) is 17.6. The minimum atomic E-state index is -0.311. The van der Waals surface area contributed by atoms with Crippen LogP contribution in [0.2, 0.25) is 0 Å². The lowest BCUT2D eigenvalue weighted by Gasteiger charge is -2.57. The molecule has 3 unspecified atom stereocenters. The van der Waals surface area contributed by atoms with E-state index in [0.717, 1.165) is 40.8 Å². The van der Waals surface area contributed by atoms with Gasteiger partial charge in [-0.2, -0.15) is 5.10 Å². The van der Waals surface area contributed by atoms with Gasteiger partial charge in [-0.1, -0.05) is 12.6 Å². The maximum atomic E-state index is 12.8. The molecular formula is C22H24N4O3S. The number of aliphatic hydroxyl groups excluding tert-OH is 1. The van der Waals surface area contributed by atoms with Gasteiger partial charge in [0, 0.05) is 46.6 Å². The highest BCUT2D eigenvalue weighted by Crippen LogP contribution is 2.58. The van der Waals surface area contributed by atoms with Gasteiger partial charge in [0.15, 0.2) is 5.69 Å². The zero-order chi connectivity index (χ0) is 20.9. The number of nitrogens with one attached hydrogen (secondary N) is 1. The van der Waals surface area contributed by atoms with E-state index in [0.29, 0.717) is 17.2 Å². The van der Waals surface area contributed by atoms with Gasteiger partial charge in [-0.05, 0) is 38.3 Å². The molecule has 3 fully saturated rings. The van der Waals surface area contributed by atoms with Gasteiger partial charge >= 0.3 is 5.97 Å². The molecule has 1 aliphatic carbocycles. The fraction of sp³-hybridized carbons (Fsp3) is 0.409. The van der Waals surface area contributed by atoms with Crippen LogP contribution in [0.5, 0.6) is 0 Å². The van der Waals surface area contributed by atoms with Gasteiger partial charge in [0.05, 0.1) is 11.8 Å². The normalized spacial score (nSPS) is 26.6. The lowest BCUT2D eigenvalue weighted by atomic mass is 9.61. The molecule has 0 bridgehead atoms. The molecule has 2 aromatic heterocycles. The van der Waals surface area contributed by atoms with Crippen molar-refractivity contribution in [2.45, 2.75) is 37.8 Å². The second-order valence-electron chi connectivity index (χ2n) is 8.18. The molecule has 6 rings (SSSR count). The lowest BCUT2D eigenvalue weighted by Crippen LogP contribution is -2.63. The molecule has 0 amide bonds. The van der Waals surface area contributed by atoms with Crippen molar-refractivity contribution in [1.82, 2.24) is 20.1 Å². The van der Waals surface area contributed by atoms with E-state index in [1.807, 2.05) is 31.3 Å². The number of ether oxygens (including phenoxy) is 1. The summed E-state index contributed by atoms with van der Waals surface area (Å²) in [5, 5.41) is 16.4. The highest BCUT2D eigenvalue weighted by atomic mass is 32.1. The molecule has 8 heteroatoms. The topological polar surface area (TPSA) is 91.3 Å². The van der Waals surface area contributed by atoms with Crippen LogP contribution < -0.4 is 0 Å². The number of aromatic nitrogens is 3. The summed E-state index contributed by atoms with van der Waals surface area (Å²) >= 11 is 1.65. The number of thiazole rings is 1. The summed E-state index contributed by atoms with van der Waals surface area (Å²) in [6, 6.07) is 5.93. The summed E-state index contributed by atoms with van der Waals surface area (Å²) in [7, 11) is 0. The predicted molar refractivity (Wildman–Crippen MR) is 116 cm³/mol. The molecule has 3 aliphatic rings. The summed E-state index contributed by atoms with van der Waals surface area (Å²) in [6.45, 7) is 6.99. The first-order valence-electron chi connectivity index (χ1n) is 10.2. The van der Waals surface area contributed by atoms with Crippen molar-refractivity contribution < 1.29 is 14.6 Å². The van der Waals surface area contributed by atoms with Crippen LogP contribution in [0.3, 0.4) is 0 Å². The summed E-state index contributed by atoms with van der Waals surface area (Å²) in [5.41, 5.74) is 2.61. The molecule has 4 heterocycles. The molecule has 7 nitrogen and oxygen atoms in total. The van der Waals surface area contributed by atoms with Crippen LogP contribution in [0, 0.1) is 12.8 Å². The van der Waals surface area contributed by atoms with Crippen LogP contribution in [0.25, 0.3) is 21.5 Å². The molecule has 3 aromatic rings. The summed E-state index contributed by atoms with van der Waals surface area (Å²) < 4.78 is 5.92. The molecule has 1 spiro atoms. The fourth-order valence-electron chi connectivity index (χ4n) is 5.16. The van der Waals surface area contributed by atoms with E-state index >= 15 is 0 Å². The number of H-pyrrole nitrogens is 1.